The fourth-order valence-electron chi connectivity index (χ4n) is 1.67. The van der Waals surface area contributed by atoms with Gasteiger partial charge in [-0.05, 0) is 24.6 Å². The summed E-state index contributed by atoms with van der Waals surface area (Å²) in [5, 5.41) is 6.42. The van der Waals surface area contributed by atoms with Crippen molar-refractivity contribution in [1.82, 2.24) is 4.98 Å². The minimum atomic E-state index is -0.00931. The van der Waals surface area contributed by atoms with E-state index in [2.05, 4.69) is 17.2 Å². The Morgan fingerprint density at radius 3 is 2.95 bits per heavy atom. The molecule has 0 bridgehead atoms. The zero-order valence-electron chi connectivity index (χ0n) is 11.0. The Bertz CT molecular complexity index is 613. The predicted molar refractivity (Wildman–Crippen MR) is 85.7 cm³/mol. The lowest BCUT2D eigenvalue weighted by Crippen LogP contribution is -2.10. The van der Waals surface area contributed by atoms with Crippen LogP contribution in [0.15, 0.2) is 23.6 Å². The number of hydrogen-bond acceptors (Lipinski definition) is 3. The molecule has 1 amide bonds. The number of amides is 1. The van der Waals surface area contributed by atoms with Gasteiger partial charge in [-0.25, -0.2) is 4.98 Å². The molecule has 0 saturated heterocycles. The van der Waals surface area contributed by atoms with Crippen LogP contribution in [-0.2, 0) is 4.79 Å². The molecule has 1 aromatic carbocycles. The summed E-state index contributed by atoms with van der Waals surface area (Å²) in [6, 6.07) is 5.23. The quantitative estimate of drug-likeness (QED) is 0.814. The summed E-state index contributed by atoms with van der Waals surface area (Å²) in [7, 11) is 0. The van der Waals surface area contributed by atoms with Gasteiger partial charge in [0, 0.05) is 22.4 Å². The van der Waals surface area contributed by atoms with E-state index in [9.17, 15) is 4.79 Å². The third kappa shape index (κ3) is 3.95. The molecule has 0 unspecified atom stereocenters. The monoisotopic (exact) mass is 328 g/mol. The molecule has 0 aliphatic heterocycles. The molecule has 0 fully saturated rings. The molecule has 0 spiro atoms. The largest absolute Gasteiger partial charge is 0.302 e. The number of benzene rings is 1. The Morgan fingerprint density at radius 2 is 2.20 bits per heavy atom. The van der Waals surface area contributed by atoms with Crippen molar-refractivity contribution < 1.29 is 4.79 Å². The van der Waals surface area contributed by atoms with E-state index in [0.29, 0.717) is 27.3 Å². The van der Waals surface area contributed by atoms with Gasteiger partial charge in [0.25, 0.3) is 0 Å². The molecule has 2 aromatic rings. The number of anilines is 1. The molecule has 0 saturated carbocycles. The highest BCUT2D eigenvalue weighted by Gasteiger charge is 2.10. The van der Waals surface area contributed by atoms with Crippen LogP contribution in [0, 0.1) is 0 Å². The van der Waals surface area contributed by atoms with Gasteiger partial charge in [0.05, 0.1) is 10.7 Å². The highest BCUT2D eigenvalue weighted by atomic mass is 35.5. The van der Waals surface area contributed by atoms with Crippen molar-refractivity contribution in [2.24, 2.45) is 0 Å². The van der Waals surface area contributed by atoms with Crippen molar-refractivity contribution in [2.75, 3.05) is 5.32 Å². The van der Waals surface area contributed by atoms with Crippen LogP contribution < -0.4 is 5.32 Å². The number of nitrogens with one attached hydrogen (secondary N) is 1. The van der Waals surface area contributed by atoms with Gasteiger partial charge in [-0.3, -0.25) is 4.79 Å². The summed E-state index contributed by atoms with van der Waals surface area (Å²) in [6.07, 6.45) is 2.39. The normalized spacial score (nSPS) is 10.6. The van der Waals surface area contributed by atoms with Crippen molar-refractivity contribution in [3.63, 3.8) is 0 Å². The van der Waals surface area contributed by atoms with Crippen molar-refractivity contribution in [3.8, 4) is 11.3 Å². The minimum absolute atomic E-state index is 0.00931. The van der Waals surface area contributed by atoms with Gasteiger partial charge in [0.15, 0.2) is 5.13 Å². The molecule has 1 N–H and O–H groups in total. The van der Waals surface area contributed by atoms with Gasteiger partial charge in [-0.15, -0.1) is 11.3 Å². The third-order valence-corrected chi connectivity index (χ3v) is 4.03. The van der Waals surface area contributed by atoms with Gasteiger partial charge in [-0.2, -0.15) is 0 Å². The van der Waals surface area contributed by atoms with E-state index in [4.69, 9.17) is 23.2 Å². The first-order valence-corrected chi connectivity index (χ1v) is 7.94. The molecular weight excluding hydrogens is 315 g/mol. The van der Waals surface area contributed by atoms with Crippen molar-refractivity contribution in [2.45, 2.75) is 26.2 Å². The first-order valence-electron chi connectivity index (χ1n) is 6.31. The second-order valence-electron chi connectivity index (χ2n) is 4.31. The van der Waals surface area contributed by atoms with Crippen LogP contribution in [0.1, 0.15) is 26.2 Å². The number of halogens is 2. The van der Waals surface area contributed by atoms with Crippen molar-refractivity contribution >= 4 is 45.6 Å². The highest BCUT2D eigenvalue weighted by Crippen LogP contribution is 2.32. The summed E-state index contributed by atoms with van der Waals surface area (Å²) in [5.41, 5.74) is 1.48. The SMILES string of the molecule is CCCCC(=O)Nc1nc(-c2cc(Cl)ccc2Cl)cs1. The Balaban J connectivity index is 2.12. The van der Waals surface area contributed by atoms with Crippen LogP contribution in [0.4, 0.5) is 5.13 Å². The molecule has 0 aliphatic carbocycles. The molecule has 2 rings (SSSR count). The van der Waals surface area contributed by atoms with Gasteiger partial charge in [-0.1, -0.05) is 36.5 Å². The number of thiazole rings is 1. The number of carbonyl (C=O) groups is 1. The molecule has 0 aliphatic rings. The maximum atomic E-state index is 11.6. The molecule has 6 heteroatoms. The molecule has 0 atom stereocenters. The number of aromatic nitrogens is 1. The standard InChI is InChI=1S/C14H14Cl2N2OS/c1-2-3-4-13(19)18-14-17-12(8-20-14)10-7-9(15)5-6-11(10)16/h5-8H,2-4H2,1H3,(H,17,18,19). The summed E-state index contributed by atoms with van der Waals surface area (Å²) in [4.78, 5) is 16.0. The van der Waals surface area contributed by atoms with E-state index in [1.54, 1.807) is 18.2 Å². The van der Waals surface area contributed by atoms with E-state index < -0.39 is 0 Å². The van der Waals surface area contributed by atoms with Crippen LogP contribution in [0.5, 0.6) is 0 Å². The van der Waals surface area contributed by atoms with Crippen LogP contribution in [0.2, 0.25) is 10.0 Å². The van der Waals surface area contributed by atoms with E-state index in [1.165, 1.54) is 11.3 Å². The van der Waals surface area contributed by atoms with Crippen LogP contribution in [0.3, 0.4) is 0 Å². The zero-order chi connectivity index (χ0) is 14.5. The second-order valence-corrected chi connectivity index (χ2v) is 6.02. The fourth-order valence-corrected chi connectivity index (χ4v) is 2.78. The van der Waals surface area contributed by atoms with Crippen LogP contribution in [-0.4, -0.2) is 10.9 Å². The third-order valence-electron chi connectivity index (χ3n) is 2.71. The average Bonchev–Trinajstić information content (AvgIpc) is 2.87. The molecule has 1 aromatic heterocycles. The summed E-state index contributed by atoms with van der Waals surface area (Å²) in [6.45, 7) is 2.05. The van der Waals surface area contributed by atoms with Crippen molar-refractivity contribution in [3.05, 3.63) is 33.6 Å². The minimum Gasteiger partial charge on any atom is -0.302 e. The molecule has 20 heavy (non-hydrogen) atoms. The lowest BCUT2D eigenvalue weighted by atomic mass is 10.2. The Hall–Kier alpha value is -1.10. The molecular formula is C14H14Cl2N2OS. The number of rotatable bonds is 5. The molecule has 106 valence electrons. The topological polar surface area (TPSA) is 42.0 Å². The van der Waals surface area contributed by atoms with E-state index in [-0.39, 0.29) is 5.91 Å². The number of nitrogens with zero attached hydrogens (tertiary/aromatic N) is 1. The zero-order valence-corrected chi connectivity index (χ0v) is 13.3. The van der Waals surface area contributed by atoms with Crippen molar-refractivity contribution in [1.29, 1.82) is 0 Å². The summed E-state index contributed by atoms with van der Waals surface area (Å²) < 4.78 is 0. The van der Waals surface area contributed by atoms with E-state index in [0.717, 1.165) is 18.4 Å². The number of unbranched alkanes of at least 4 members (excludes halogenated alkanes) is 1. The second kappa shape index (κ2) is 7.07. The van der Waals surface area contributed by atoms with E-state index in [1.807, 2.05) is 5.38 Å². The lowest BCUT2D eigenvalue weighted by molar-refractivity contribution is -0.116. The lowest BCUT2D eigenvalue weighted by Gasteiger charge is -2.02. The molecule has 1 heterocycles. The fraction of sp³-hybridized carbons (Fsp3) is 0.286. The smallest absolute Gasteiger partial charge is 0.226 e. The average molecular weight is 329 g/mol. The maximum Gasteiger partial charge on any atom is 0.226 e. The predicted octanol–water partition coefficient (Wildman–Crippen LogP) is 5.25. The van der Waals surface area contributed by atoms with Crippen LogP contribution in [0.25, 0.3) is 11.3 Å². The van der Waals surface area contributed by atoms with E-state index >= 15 is 0 Å². The Morgan fingerprint density at radius 1 is 1.40 bits per heavy atom. The van der Waals surface area contributed by atoms with Crippen LogP contribution >= 0.6 is 34.5 Å². The first kappa shape index (κ1) is 15.3. The first-order chi connectivity index (χ1) is 9.60. The Kier molecular flexibility index (Phi) is 5.40. The maximum absolute atomic E-state index is 11.6. The summed E-state index contributed by atoms with van der Waals surface area (Å²) in [5.74, 6) is -0.00931. The summed E-state index contributed by atoms with van der Waals surface area (Å²) >= 11 is 13.5. The molecule has 0 radical (unpaired) electrons. The molecule has 3 nitrogen and oxygen atoms in total. The Labute approximate surface area is 131 Å². The highest BCUT2D eigenvalue weighted by molar-refractivity contribution is 7.14. The van der Waals surface area contributed by atoms with Gasteiger partial charge in [0.2, 0.25) is 5.91 Å². The van der Waals surface area contributed by atoms with Gasteiger partial charge >= 0.3 is 0 Å². The number of carbonyl (C=O) groups excluding carboxylic acids is 1. The number of hydrogen-bond donors (Lipinski definition) is 1. The van der Waals surface area contributed by atoms with Gasteiger partial charge < -0.3 is 5.32 Å². The van der Waals surface area contributed by atoms with Gasteiger partial charge in [0.1, 0.15) is 0 Å².